The standard InChI is InChI=1S/C15H16N4OS/c20-15(4-3-13-2-1-11-21-13)19-9-7-18(8-10-19)14-12-16-5-6-17-14/h1-6,11-12H,7-10H2. The van der Waals surface area contributed by atoms with Crippen LogP contribution in [0.4, 0.5) is 5.82 Å². The Bertz CT molecular complexity index is 604. The molecule has 0 atom stereocenters. The Morgan fingerprint density at radius 3 is 2.76 bits per heavy atom. The van der Waals surface area contributed by atoms with E-state index in [0.29, 0.717) is 13.1 Å². The van der Waals surface area contributed by atoms with Crippen LogP contribution in [0.2, 0.25) is 0 Å². The molecule has 0 saturated carbocycles. The Balaban J connectivity index is 1.55. The van der Waals surface area contributed by atoms with Crippen LogP contribution in [0.25, 0.3) is 6.08 Å². The number of hydrogen-bond donors (Lipinski definition) is 0. The van der Waals surface area contributed by atoms with Crippen molar-refractivity contribution in [2.75, 3.05) is 31.1 Å². The van der Waals surface area contributed by atoms with Gasteiger partial charge in [-0.1, -0.05) is 6.07 Å². The SMILES string of the molecule is O=C(C=Cc1cccs1)N1CCN(c2cnccn2)CC1. The second-order valence-corrected chi connectivity index (χ2v) is 5.70. The summed E-state index contributed by atoms with van der Waals surface area (Å²) in [7, 11) is 0. The fraction of sp³-hybridized carbons (Fsp3) is 0.267. The predicted molar refractivity (Wildman–Crippen MR) is 84.2 cm³/mol. The van der Waals surface area contributed by atoms with E-state index in [9.17, 15) is 4.79 Å². The first-order valence-electron chi connectivity index (χ1n) is 6.84. The van der Waals surface area contributed by atoms with E-state index in [1.54, 1.807) is 36.0 Å². The van der Waals surface area contributed by atoms with Crippen molar-refractivity contribution in [1.29, 1.82) is 0 Å². The summed E-state index contributed by atoms with van der Waals surface area (Å²) in [4.78, 5) is 25.6. The Hall–Kier alpha value is -2.21. The maximum Gasteiger partial charge on any atom is 0.246 e. The lowest BCUT2D eigenvalue weighted by Crippen LogP contribution is -2.48. The topological polar surface area (TPSA) is 49.3 Å². The van der Waals surface area contributed by atoms with Crippen molar-refractivity contribution in [2.24, 2.45) is 0 Å². The van der Waals surface area contributed by atoms with E-state index in [0.717, 1.165) is 23.8 Å². The summed E-state index contributed by atoms with van der Waals surface area (Å²) in [5.41, 5.74) is 0. The zero-order chi connectivity index (χ0) is 14.5. The van der Waals surface area contributed by atoms with E-state index in [4.69, 9.17) is 0 Å². The van der Waals surface area contributed by atoms with Crippen molar-refractivity contribution >= 4 is 29.1 Å². The molecule has 3 rings (SSSR count). The van der Waals surface area contributed by atoms with Gasteiger partial charge in [0, 0.05) is 49.5 Å². The number of rotatable bonds is 3. The highest BCUT2D eigenvalue weighted by Crippen LogP contribution is 2.13. The van der Waals surface area contributed by atoms with Crippen molar-refractivity contribution in [2.45, 2.75) is 0 Å². The van der Waals surface area contributed by atoms with Crippen LogP contribution in [0.1, 0.15) is 4.88 Å². The molecule has 0 spiro atoms. The van der Waals surface area contributed by atoms with E-state index in [-0.39, 0.29) is 5.91 Å². The Kier molecular flexibility index (Phi) is 4.25. The zero-order valence-corrected chi connectivity index (χ0v) is 12.4. The van der Waals surface area contributed by atoms with Crippen LogP contribution in [-0.2, 0) is 4.79 Å². The second kappa shape index (κ2) is 6.49. The van der Waals surface area contributed by atoms with Gasteiger partial charge < -0.3 is 9.80 Å². The van der Waals surface area contributed by atoms with Crippen LogP contribution in [0.15, 0.2) is 42.2 Å². The molecule has 0 unspecified atom stereocenters. The number of hydrogen-bond acceptors (Lipinski definition) is 5. The van der Waals surface area contributed by atoms with E-state index in [2.05, 4.69) is 14.9 Å². The molecule has 2 aromatic rings. The van der Waals surface area contributed by atoms with E-state index in [1.807, 2.05) is 28.5 Å². The zero-order valence-electron chi connectivity index (χ0n) is 11.6. The third-order valence-electron chi connectivity index (χ3n) is 3.40. The summed E-state index contributed by atoms with van der Waals surface area (Å²) in [6.45, 7) is 3.00. The number of aromatic nitrogens is 2. The number of amides is 1. The van der Waals surface area contributed by atoms with Crippen molar-refractivity contribution in [3.63, 3.8) is 0 Å². The molecule has 0 radical (unpaired) electrons. The van der Waals surface area contributed by atoms with Crippen molar-refractivity contribution in [3.05, 3.63) is 47.1 Å². The van der Waals surface area contributed by atoms with Gasteiger partial charge in [0.2, 0.25) is 5.91 Å². The van der Waals surface area contributed by atoms with E-state index in [1.165, 1.54) is 0 Å². The van der Waals surface area contributed by atoms with Gasteiger partial charge in [-0.15, -0.1) is 11.3 Å². The first-order chi connectivity index (χ1) is 10.3. The lowest BCUT2D eigenvalue weighted by Gasteiger charge is -2.34. The number of carbonyl (C=O) groups excluding carboxylic acids is 1. The molecule has 2 aromatic heterocycles. The summed E-state index contributed by atoms with van der Waals surface area (Å²) >= 11 is 1.63. The molecule has 1 amide bonds. The minimum Gasteiger partial charge on any atom is -0.352 e. The molecular weight excluding hydrogens is 284 g/mol. The Morgan fingerprint density at radius 1 is 1.24 bits per heavy atom. The number of piperazine rings is 1. The number of carbonyl (C=O) groups is 1. The van der Waals surface area contributed by atoms with Crippen LogP contribution in [0.3, 0.4) is 0 Å². The normalized spacial score (nSPS) is 15.6. The molecule has 1 fully saturated rings. The van der Waals surface area contributed by atoms with Gasteiger partial charge in [0.15, 0.2) is 0 Å². The van der Waals surface area contributed by atoms with Crippen LogP contribution >= 0.6 is 11.3 Å². The van der Waals surface area contributed by atoms with Crippen LogP contribution in [-0.4, -0.2) is 47.0 Å². The molecule has 1 aliphatic heterocycles. The minimum absolute atomic E-state index is 0.0715. The van der Waals surface area contributed by atoms with Crippen LogP contribution < -0.4 is 4.90 Å². The molecule has 0 N–H and O–H groups in total. The Morgan fingerprint density at radius 2 is 2.10 bits per heavy atom. The van der Waals surface area contributed by atoms with Gasteiger partial charge in [0.25, 0.3) is 0 Å². The van der Waals surface area contributed by atoms with Crippen molar-refractivity contribution in [1.82, 2.24) is 14.9 Å². The fourth-order valence-corrected chi connectivity index (χ4v) is 2.87. The molecule has 1 saturated heterocycles. The van der Waals surface area contributed by atoms with E-state index < -0.39 is 0 Å². The summed E-state index contributed by atoms with van der Waals surface area (Å²) in [6.07, 6.45) is 8.65. The second-order valence-electron chi connectivity index (χ2n) is 4.72. The quantitative estimate of drug-likeness (QED) is 0.812. The fourth-order valence-electron chi connectivity index (χ4n) is 2.26. The molecule has 0 aromatic carbocycles. The first kappa shape index (κ1) is 13.8. The molecular formula is C15H16N4OS. The maximum absolute atomic E-state index is 12.1. The smallest absolute Gasteiger partial charge is 0.246 e. The molecule has 0 bridgehead atoms. The molecule has 5 nitrogen and oxygen atoms in total. The van der Waals surface area contributed by atoms with Gasteiger partial charge in [0.05, 0.1) is 6.20 Å². The number of anilines is 1. The first-order valence-corrected chi connectivity index (χ1v) is 7.72. The summed E-state index contributed by atoms with van der Waals surface area (Å²) in [5.74, 6) is 0.945. The largest absolute Gasteiger partial charge is 0.352 e. The van der Waals surface area contributed by atoms with Gasteiger partial charge in [-0.3, -0.25) is 9.78 Å². The maximum atomic E-state index is 12.1. The van der Waals surface area contributed by atoms with Gasteiger partial charge in [-0.05, 0) is 17.5 Å². The average Bonchev–Trinajstić information content (AvgIpc) is 3.07. The monoisotopic (exact) mass is 300 g/mol. The predicted octanol–water partition coefficient (Wildman–Crippen LogP) is 1.90. The highest BCUT2D eigenvalue weighted by molar-refractivity contribution is 7.10. The molecule has 1 aliphatic rings. The third-order valence-corrected chi connectivity index (χ3v) is 4.24. The van der Waals surface area contributed by atoms with Gasteiger partial charge in [-0.2, -0.15) is 0 Å². The van der Waals surface area contributed by atoms with Gasteiger partial charge in [0.1, 0.15) is 5.82 Å². The lowest BCUT2D eigenvalue weighted by atomic mass is 10.3. The van der Waals surface area contributed by atoms with E-state index >= 15 is 0 Å². The Labute approximate surface area is 127 Å². The van der Waals surface area contributed by atoms with Crippen LogP contribution in [0, 0.1) is 0 Å². The minimum atomic E-state index is 0.0715. The molecule has 0 aliphatic carbocycles. The molecule has 3 heterocycles. The molecule has 6 heteroatoms. The molecule has 21 heavy (non-hydrogen) atoms. The summed E-state index contributed by atoms with van der Waals surface area (Å²) in [5, 5.41) is 2.00. The summed E-state index contributed by atoms with van der Waals surface area (Å²) in [6, 6.07) is 3.98. The lowest BCUT2D eigenvalue weighted by molar-refractivity contribution is -0.126. The molecule has 108 valence electrons. The third kappa shape index (κ3) is 3.46. The van der Waals surface area contributed by atoms with Gasteiger partial charge >= 0.3 is 0 Å². The van der Waals surface area contributed by atoms with Crippen molar-refractivity contribution in [3.8, 4) is 0 Å². The van der Waals surface area contributed by atoms with Crippen molar-refractivity contribution < 1.29 is 4.79 Å². The van der Waals surface area contributed by atoms with Crippen LogP contribution in [0.5, 0.6) is 0 Å². The van der Waals surface area contributed by atoms with Gasteiger partial charge in [-0.25, -0.2) is 4.98 Å². The number of nitrogens with zero attached hydrogens (tertiary/aromatic N) is 4. The average molecular weight is 300 g/mol. The summed E-state index contributed by atoms with van der Waals surface area (Å²) < 4.78 is 0. The number of thiophene rings is 1. The highest BCUT2D eigenvalue weighted by Gasteiger charge is 2.20. The highest BCUT2D eigenvalue weighted by atomic mass is 32.1.